The molecule has 0 saturated heterocycles. The zero-order valence-corrected chi connectivity index (χ0v) is 9.19. The summed E-state index contributed by atoms with van der Waals surface area (Å²) in [6, 6.07) is 2.60. The van der Waals surface area contributed by atoms with E-state index < -0.39 is 0 Å². The van der Waals surface area contributed by atoms with Crippen LogP contribution in [0.5, 0.6) is 0 Å². The molecule has 1 atom stereocenters. The highest BCUT2D eigenvalue weighted by atomic mass is 32.2. The Bertz CT molecular complexity index is 263. The smallest absolute Gasteiger partial charge is 0.0424 e. The molecule has 0 radical (unpaired) electrons. The SMILES string of the molecule is CNC(CSC)c1cncc(C)c1. The molecule has 1 aromatic heterocycles. The maximum Gasteiger partial charge on any atom is 0.0424 e. The van der Waals surface area contributed by atoms with Crippen LogP contribution in [0.2, 0.25) is 0 Å². The van der Waals surface area contributed by atoms with Gasteiger partial charge < -0.3 is 5.32 Å². The van der Waals surface area contributed by atoms with E-state index in [0.717, 1.165) is 5.75 Å². The van der Waals surface area contributed by atoms with Crippen molar-refractivity contribution in [2.75, 3.05) is 19.1 Å². The van der Waals surface area contributed by atoms with Gasteiger partial charge in [-0.2, -0.15) is 11.8 Å². The Labute approximate surface area is 84.1 Å². The summed E-state index contributed by atoms with van der Waals surface area (Å²) < 4.78 is 0. The molecule has 1 N–H and O–H groups in total. The van der Waals surface area contributed by atoms with Crippen LogP contribution in [0.15, 0.2) is 18.5 Å². The van der Waals surface area contributed by atoms with Gasteiger partial charge in [0.2, 0.25) is 0 Å². The lowest BCUT2D eigenvalue weighted by atomic mass is 10.1. The first-order valence-electron chi connectivity index (χ1n) is 4.35. The summed E-state index contributed by atoms with van der Waals surface area (Å²) in [4.78, 5) is 4.19. The molecule has 1 unspecified atom stereocenters. The lowest BCUT2D eigenvalue weighted by Gasteiger charge is -2.14. The molecule has 0 aliphatic carbocycles. The summed E-state index contributed by atoms with van der Waals surface area (Å²) >= 11 is 1.84. The lowest BCUT2D eigenvalue weighted by Crippen LogP contribution is -2.18. The van der Waals surface area contributed by atoms with E-state index in [1.165, 1.54) is 11.1 Å². The summed E-state index contributed by atoms with van der Waals surface area (Å²) in [6.45, 7) is 2.07. The number of hydrogen-bond acceptors (Lipinski definition) is 3. The Hall–Kier alpha value is -0.540. The van der Waals surface area contributed by atoms with Crippen LogP contribution in [0.4, 0.5) is 0 Å². The van der Waals surface area contributed by atoms with E-state index in [-0.39, 0.29) is 0 Å². The molecule has 72 valence electrons. The number of aromatic nitrogens is 1. The normalized spacial score (nSPS) is 12.8. The molecule has 0 aliphatic rings. The molecule has 0 aliphatic heterocycles. The van der Waals surface area contributed by atoms with Crippen LogP contribution >= 0.6 is 11.8 Å². The van der Waals surface area contributed by atoms with E-state index in [1.807, 2.05) is 31.2 Å². The van der Waals surface area contributed by atoms with Gasteiger partial charge in [-0.1, -0.05) is 6.07 Å². The lowest BCUT2D eigenvalue weighted by molar-refractivity contribution is 0.659. The van der Waals surface area contributed by atoms with E-state index in [4.69, 9.17) is 0 Å². The molecular weight excluding hydrogens is 180 g/mol. The minimum absolute atomic E-state index is 0.419. The third-order valence-corrected chi connectivity index (χ3v) is 2.65. The number of nitrogens with one attached hydrogen (secondary N) is 1. The minimum atomic E-state index is 0.419. The van der Waals surface area contributed by atoms with Crippen molar-refractivity contribution in [2.24, 2.45) is 0 Å². The fraction of sp³-hybridized carbons (Fsp3) is 0.500. The van der Waals surface area contributed by atoms with Crippen molar-refractivity contribution in [1.82, 2.24) is 10.3 Å². The first-order chi connectivity index (χ1) is 6.27. The molecule has 0 bridgehead atoms. The van der Waals surface area contributed by atoms with Crippen LogP contribution in [0, 0.1) is 6.92 Å². The van der Waals surface area contributed by atoms with Crippen LogP contribution in [-0.2, 0) is 0 Å². The molecule has 0 saturated carbocycles. The second-order valence-electron chi connectivity index (χ2n) is 3.09. The van der Waals surface area contributed by atoms with E-state index in [1.54, 1.807) is 0 Å². The monoisotopic (exact) mass is 196 g/mol. The number of pyridine rings is 1. The molecule has 0 spiro atoms. The Morgan fingerprint density at radius 2 is 2.31 bits per heavy atom. The van der Waals surface area contributed by atoms with Crippen molar-refractivity contribution in [2.45, 2.75) is 13.0 Å². The van der Waals surface area contributed by atoms with E-state index in [9.17, 15) is 0 Å². The van der Waals surface area contributed by atoms with E-state index >= 15 is 0 Å². The zero-order valence-electron chi connectivity index (χ0n) is 8.37. The van der Waals surface area contributed by atoms with Gasteiger partial charge in [-0.15, -0.1) is 0 Å². The molecule has 3 heteroatoms. The third kappa shape index (κ3) is 3.01. The zero-order chi connectivity index (χ0) is 9.68. The van der Waals surface area contributed by atoms with Crippen molar-refractivity contribution in [1.29, 1.82) is 0 Å². The van der Waals surface area contributed by atoms with E-state index in [2.05, 4.69) is 29.5 Å². The van der Waals surface area contributed by atoms with Gasteiger partial charge in [-0.3, -0.25) is 4.98 Å². The van der Waals surface area contributed by atoms with Gasteiger partial charge >= 0.3 is 0 Å². The summed E-state index contributed by atoms with van der Waals surface area (Å²) in [5.74, 6) is 1.08. The topological polar surface area (TPSA) is 24.9 Å². The second kappa shape index (κ2) is 5.25. The predicted molar refractivity (Wildman–Crippen MR) is 59.2 cm³/mol. The molecule has 0 amide bonds. The molecule has 0 fully saturated rings. The number of thioether (sulfide) groups is 1. The van der Waals surface area contributed by atoms with Crippen molar-refractivity contribution >= 4 is 11.8 Å². The van der Waals surface area contributed by atoms with Crippen LogP contribution in [0.25, 0.3) is 0 Å². The van der Waals surface area contributed by atoms with Gasteiger partial charge in [-0.05, 0) is 31.4 Å². The minimum Gasteiger partial charge on any atom is -0.312 e. The Morgan fingerprint density at radius 3 is 2.85 bits per heavy atom. The van der Waals surface area contributed by atoms with Gasteiger partial charge in [0.1, 0.15) is 0 Å². The summed E-state index contributed by atoms with van der Waals surface area (Å²) in [6.07, 6.45) is 5.94. The summed E-state index contributed by atoms with van der Waals surface area (Å²) in [5, 5.41) is 3.29. The summed E-state index contributed by atoms with van der Waals surface area (Å²) in [7, 11) is 1.99. The molecule has 0 aromatic carbocycles. The van der Waals surface area contributed by atoms with Crippen molar-refractivity contribution in [3.63, 3.8) is 0 Å². The first-order valence-corrected chi connectivity index (χ1v) is 5.75. The number of nitrogens with zero attached hydrogens (tertiary/aromatic N) is 1. The maximum atomic E-state index is 4.19. The quantitative estimate of drug-likeness (QED) is 0.797. The first kappa shape index (κ1) is 10.5. The van der Waals surface area contributed by atoms with Gasteiger partial charge in [0.15, 0.2) is 0 Å². The highest BCUT2D eigenvalue weighted by Gasteiger charge is 2.07. The van der Waals surface area contributed by atoms with Gasteiger partial charge in [0, 0.05) is 24.2 Å². The highest BCUT2D eigenvalue weighted by Crippen LogP contribution is 2.16. The molecule has 1 aromatic rings. The van der Waals surface area contributed by atoms with E-state index in [0.29, 0.717) is 6.04 Å². The average Bonchev–Trinajstić information content (AvgIpc) is 2.14. The maximum absolute atomic E-state index is 4.19. The predicted octanol–water partition coefficient (Wildman–Crippen LogP) is 2.01. The van der Waals surface area contributed by atoms with Gasteiger partial charge in [0.25, 0.3) is 0 Å². The number of hydrogen-bond donors (Lipinski definition) is 1. The second-order valence-corrected chi connectivity index (χ2v) is 4.00. The fourth-order valence-corrected chi connectivity index (χ4v) is 1.97. The summed E-state index contributed by atoms with van der Waals surface area (Å²) in [5.41, 5.74) is 2.50. The molecular formula is C10H16N2S. The Morgan fingerprint density at radius 1 is 1.54 bits per heavy atom. The van der Waals surface area contributed by atoms with Crippen LogP contribution in [-0.4, -0.2) is 24.0 Å². The van der Waals surface area contributed by atoms with Gasteiger partial charge in [-0.25, -0.2) is 0 Å². The van der Waals surface area contributed by atoms with Crippen LogP contribution in [0.3, 0.4) is 0 Å². The van der Waals surface area contributed by atoms with Crippen molar-refractivity contribution in [3.05, 3.63) is 29.6 Å². The molecule has 13 heavy (non-hydrogen) atoms. The van der Waals surface area contributed by atoms with Gasteiger partial charge in [0.05, 0.1) is 0 Å². The molecule has 1 heterocycles. The largest absolute Gasteiger partial charge is 0.312 e. The fourth-order valence-electron chi connectivity index (χ4n) is 1.28. The standard InChI is InChI=1S/C10H16N2S/c1-8-4-9(6-12-5-8)10(11-2)7-13-3/h4-6,10-11H,7H2,1-3H3. The Balaban J connectivity index is 2.78. The number of rotatable bonds is 4. The van der Waals surface area contributed by atoms with Crippen molar-refractivity contribution < 1.29 is 0 Å². The highest BCUT2D eigenvalue weighted by molar-refractivity contribution is 7.98. The van der Waals surface area contributed by atoms with Crippen LogP contribution in [0.1, 0.15) is 17.2 Å². The van der Waals surface area contributed by atoms with Crippen molar-refractivity contribution in [3.8, 4) is 0 Å². The van der Waals surface area contributed by atoms with Crippen LogP contribution < -0.4 is 5.32 Å². The molecule has 1 rings (SSSR count). The Kier molecular flexibility index (Phi) is 4.25. The third-order valence-electron chi connectivity index (χ3n) is 1.98. The number of aryl methyl sites for hydroxylation is 1. The average molecular weight is 196 g/mol. The molecule has 2 nitrogen and oxygen atoms in total.